The maximum Gasteiger partial charge on any atom is 0.319 e. The lowest BCUT2D eigenvalue weighted by molar-refractivity contribution is -0.127. The van der Waals surface area contributed by atoms with Crippen LogP contribution in [0.5, 0.6) is 0 Å². The number of nitrogens with one attached hydrogen (secondary N) is 2. The number of urea groups is 1. The van der Waals surface area contributed by atoms with Crippen molar-refractivity contribution in [2.24, 2.45) is 5.41 Å². The van der Waals surface area contributed by atoms with Gasteiger partial charge in [-0.25, -0.2) is 4.79 Å². The highest BCUT2D eigenvalue weighted by atomic mass is 32.1. The highest BCUT2D eigenvalue weighted by Gasteiger charge is 2.37. The molecule has 1 unspecified atom stereocenters. The predicted octanol–water partition coefficient (Wildman–Crippen LogP) is 4.98. The van der Waals surface area contributed by atoms with Gasteiger partial charge in [-0.15, -0.1) is 12.6 Å². The van der Waals surface area contributed by atoms with Gasteiger partial charge in [0, 0.05) is 23.2 Å². The minimum atomic E-state index is -0.965. The van der Waals surface area contributed by atoms with Gasteiger partial charge >= 0.3 is 6.03 Å². The normalized spacial score (nSPS) is 15.3. The van der Waals surface area contributed by atoms with E-state index in [0.29, 0.717) is 16.9 Å². The summed E-state index contributed by atoms with van der Waals surface area (Å²) in [7, 11) is 0. The van der Waals surface area contributed by atoms with Gasteiger partial charge in [0.25, 0.3) is 5.91 Å². The third-order valence-electron chi connectivity index (χ3n) is 6.44. The Morgan fingerprint density at radius 1 is 0.923 bits per heavy atom. The van der Waals surface area contributed by atoms with E-state index < -0.39 is 17.5 Å². The molecule has 0 spiro atoms. The molecule has 0 radical (unpaired) electrons. The van der Waals surface area contributed by atoms with Crippen molar-refractivity contribution >= 4 is 58.2 Å². The molecule has 3 aromatic carbocycles. The molecule has 0 aliphatic carbocycles. The summed E-state index contributed by atoms with van der Waals surface area (Å²) in [6.07, 6.45) is 0.127. The number of anilines is 4. The Kier molecular flexibility index (Phi) is 8.40. The lowest BCUT2D eigenvalue weighted by Crippen LogP contribution is -2.54. The molecule has 1 atom stereocenters. The Morgan fingerprint density at radius 2 is 1.59 bits per heavy atom. The summed E-state index contributed by atoms with van der Waals surface area (Å²) < 4.78 is 0. The average Bonchev–Trinajstić information content (AvgIpc) is 2.99. The first-order valence-corrected chi connectivity index (χ1v) is 13.1. The van der Waals surface area contributed by atoms with Crippen molar-refractivity contribution in [3.63, 3.8) is 0 Å². The lowest BCUT2D eigenvalue weighted by atomic mass is 9.90. The van der Waals surface area contributed by atoms with E-state index in [9.17, 15) is 19.2 Å². The van der Waals surface area contributed by atoms with E-state index in [1.165, 1.54) is 4.90 Å². The molecular weight excluding hydrogens is 512 g/mol. The van der Waals surface area contributed by atoms with Crippen molar-refractivity contribution in [2.45, 2.75) is 33.2 Å². The lowest BCUT2D eigenvalue weighted by Gasteiger charge is -2.28. The van der Waals surface area contributed by atoms with E-state index in [4.69, 9.17) is 0 Å². The number of fused-ring (bicyclic) bond motifs is 1. The number of hydrogen-bond acceptors (Lipinski definition) is 5. The highest BCUT2D eigenvalue weighted by Crippen LogP contribution is 2.37. The first-order valence-electron chi connectivity index (χ1n) is 12.7. The number of rotatable bonds is 7. The summed E-state index contributed by atoms with van der Waals surface area (Å²) in [6, 6.07) is 22.3. The quantitative estimate of drug-likeness (QED) is 0.365. The minimum Gasteiger partial charge on any atom is -0.337 e. The first-order chi connectivity index (χ1) is 18.5. The van der Waals surface area contributed by atoms with Crippen LogP contribution in [-0.2, 0) is 20.8 Å². The van der Waals surface area contributed by atoms with Crippen LogP contribution in [0.4, 0.5) is 27.5 Å². The van der Waals surface area contributed by atoms with Crippen LogP contribution in [0.2, 0.25) is 0 Å². The summed E-state index contributed by atoms with van der Waals surface area (Å²) in [5.74, 6) is -0.486. The van der Waals surface area contributed by atoms with Crippen LogP contribution in [0.25, 0.3) is 0 Å². The SMILES string of the molecule is CC(C)(C)C(=O)CN1C(=O)C(NC(=O)Nc2cccc(CC(=O)S)c2)CN(c2ccccc2)c2ccccc21. The Labute approximate surface area is 233 Å². The van der Waals surface area contributed by atoms with Crippen LogP contribution >= 0.6 is 12.6 Å². The zero-order valence-corrected chi connectivity index (χ0v) is 23.1. The van der Waals surface area contributed by atoms with Crippen LogP contribution in [0.15, 0.2) is 78.9 Å². The number of hydrogen-bond donors (Lipinski definition) is 3. The van der Waals surface area contributed by atoms with Crippen LogP contribution in [-0.4, -0.2) is 42.0 Å². The molecule has 202 valence electrons. The van der Waals surface area contributed by atoms with Gasteiger partial charge in [-0.05, 0) is 42.0 Å². The van der Waals surface area contributed by atoms with Gasteiger partial charge in [-0.1, -0.05) is 63.2 Å². The van der Waals surface area contributed by atoms with Crippen molar-refractivity contribution in [2.75, 3.05) is 28.2 Å². The molecule has 3 aromatic rings. The second-order valence-electron chi connectivity index (χ2n) is 10.5. The number of nitrogens with zero attached hydrogens (tertiary/aromatic N) is 2. The molecule has 4 rings (SSSR count). The molecule has 0 bridgehead atoms. The Morgan fingerprint density at radius 3 is 2.26 bits per heavy atom. The fraction of sp³-hybridized carbons (Fsp3) is 0.267. The first kappa shape index (κ1) is 27.9. The molecule has 1 aliphatic heterocycles. The molecule has 8 nitrogen and oxygen atoms in total. The number of ketones is 1. The van der Waals surface area contributed by atoms with E-state index in [1.54, 1.807) is 24.3 Å². The van der Waals surface area contributed by atoms with Gasteiger partial charge in [0.05, 0.1) is 24.5 Å². The number of carbonyl (C=O) groups excluding carboxylic acids is 4. The molecule has 3 amide bonds. The van der Waals surface area contributed by atoms with E-state index in [1.807, 2.05) is 80.3 Å². The zero-order chi connectivity index (χ0) is 28.2. The number of carbonyl (C=O) groups is 4. The zero-order valence-electron chi connectivity index (χ0n) is 22.2. The molecule has 0 saturated heterocycles. The van der Waals surface area contributed by atoms with Gasteiger partial charge in [-0.2, -0.15) is 0 Å². The molecule has 0 aromatic heterocycles. The van der Waals surface area contributed by atoms with E-state index >= 15 is 0 Å². The van der Waals surface area contributed by atoms with E-state index in [0.717, 1.165) is 11.4 Å². The summed E-state index contributed by atoms with van der Waals surface area (Å²) in [6.45, 7) is 5.48. The molecule has 1 heterocycles. The van der Waals surface area contributed by atoms with Gasteiger partial charge < -0.3 is 20.4 Å². The molecule has 2 N–H and O–H groups in total. The number of benzene rings is 3. The highest BCUT2D eigenvalue weighted by molar-refractivity contribution is 7.96. The van der Waals surface area contributed by atoms with Gasteiger partial charge in [0.2, 0.25) is 0 Å². The Balaban J connectivity index is 1.67. The maximum atomic E-state index is 14.0. The summed E-state index contributed by atoms with van der Waals surface area (Å²) in [5.41, 5.74) is 2.73. The Bertz CT molecular complexity index is 1390. The van der Waals surface area contributed by atoms with Gasteiger partial charge in [-0.3, -0.25) is 14.4 Å². The van der Waals surface area contributed by atoms with Crippen molar-refractivity contribution in [3.05, 3.63) is 84.4 Å². The van der Waals surface area contributed by atoms with Crippen molar-refractivity contribution in [1.82, 2.24) is 5.32 Å². The van der Waals surface area contributed by atoms with Crippen LogP contribution in [0.1, 0.15) is 26.3 Å². The van der Waals surface area contributed by atoms with Gasteiger partial charge in [0.15, 0.2) is 10.9 Å². The van der Waals surface area contributed by atoms with Crippen molar-refractivity contribution in [3.8, 4) is 0 Å². The topological polar surface area (TPSA) is 98.8 Å². The van der Waals surface area contributed by atoms with E-state index in [2.05, 4.69) is 23.3 Å². The van der Waals surface area contributed by atoms with Crippen LogP contribution in [0, 0.1) is 5.41 Å². The van der Waals surface area contributed by atoms with Gasteiger partial charge in [0.1, 0.15) is 6.04 Å². The average molecular weight is 545 g/mol. The third kappa shape index (κ3) is 6.86. The molecule has 39 heavy (non-hydrogen) atoms. The van der Waals surface area contributed by atoms with Crippen LogP contribution in [0.3, 0.4) is 0 Å². The molecular formula is C30H32N4O4S. The molecule has 0 fully saturated rings. The molecule has 0 saturated carbocycles. The van der Waals surface area contributed by atoms with Crippen LogP contribution < -0.4 is 20.4 Å². The standard InChI is InChI=1S/C30H32N4O4S/c1-30(2,3)26(35)19-34-25-15-8-7-14-24(25)33(22-12-5-4-6-13-22)18-23(28(34)37)32-29(38)31-21-11-9-10-20(16-21)17-27(36)39/h4-16,23H,17-19H2,1-3H3,(H,36,39)(H2,31,32,38). The number of Topliss-reactive ketones (excluding diaryl/α,β-unsaturated/α-hetero) is 1. The van der Waals surface area contributed by atoms with Crippen molar-refractivity contribution < 1.29 is 19.2 Å². The molecule has 9 heteroatoms. The summed E-state index contributed by atoms with van der Waals surface area (Å²) in [4.78, 5) is 55.0. The number of para-hydroxylation sites is 3. The second kappa shape index (κ2) is 11.7. The minimum absolute atomic E-state index is 0.0995. The largest absolute Gasteiger partial charge is 0.337 e. The molecule has 1 aliphatic rings. The van der Waals surface area contributed by atoms with E-state index in [-0.39, 0.29) is 36.3 Å². The Hall–Kier alpha value is -4.11. The predicted molar refractivity (Wildman–Crippen MR) is 157 cm³/mol. The number of amides is 3. The maximum absolute atomic E-state index is 14.0. The number of thiol groups is 1. The monoisotopic (exact) mass is 544 g/mol. The fourth-order valence-electron chi connectivity index (χ4n) is 4.35. The summed E-state index contributed by atoms with van der Waals surface area (Å²) in [5, 5.41) is 5.29. The third-order valence-corrected chi connectivity index (χ3v) is 6.60. The summed E-state index contributed by atoms with van der Waals surface area (Å²) >= 11 is 3.82. The second-order valence-corrected chi connectivity index (χ2v) is 11.0. The smallest absolute Gasteiger partial charge is 0.319 e. The van der Waals surface area contributed by atoms with Crippen molar-refractivity contribution in [1.29, 1.82) is 0 Å². The fourth-order valence-corrected chi connectivity index (χ4v) is 4.53.